The number of methoxy groups -OCH3 is 1. The Bertz CT molecular complexity index is 250. The maximum Gasteiger partial charge on any atom is 0.121 e. The van der Waals surface area contributed by atoms with Gasteiger partial charge in [0.25, 0.3) is 0 Å². The summed E-state index contributed by atoms with van der Waals surface area (Å²) in [6, 6.07) is 5.66. The first-order valence-corrected chi connectivity index (χ1v) is 3.67. The maximum atomic E-state index is 5.40. The Balaban J connectivity index is 2.99. The van der Waals surface area contributed by atoms with E-state index in [1.165, 1.54) is 0 Å². The summed E-state index contributed by atoms with van der Waals surface area (Å²) >= 11 is 5.40. The summed E-state index contributed by atoms with van der Waals surface area (Å²) < 4.78 is 5.07. The van der Waals surface area contributed by atoms with Crippen molar-refractivity contribution in [2.75, 3.05) is 11.9 Å². The normalized spacial score (nSPS) is 9.36. The van der Waals surface area contributed by atoms with Gasteiger partial charge in [0.15, 0.2) is 0 Å². The average molecular weight is 172 g/mol. The van der Waals surface area contributed by atoms with E-state index < -0.39 is 0 Å². The molecule has 60 valence electrons. The number of hydrogen-bond donors (Lipinski definition) is 1. The fraction of sp³-hybridized carbons (Fsp3) is 0.250. The van der Waals surface area contributed by atoms with Crippen LogP contribution in [0.5, 0.6) is 5.75 Å². The summed E-state index contributed by atoms with van der Waals surface area (Å²) in [5, 5.41) is 0. The molecule has 1 aromatic rings. The van der Waals surface area contributed by atoms with Gasteiger partial charge in [0.2, 0.25) is 0 Å². The van der Waals surface area contributed by atoms with Gasteiger partial charge in [0, 0.05) is 17.5 Å². The van der Waals surface area contributed by atoms with Crippen LogP contribution in [-0.2, 0) is 0 Å². The monoisotopic (exact) mass is 171 g/mol. The molecule has 0 aliphatic rings. The molecular weight excluding hydrogens is 162 g/mol. The lowest BCUT2D eigenvalue weighted by atomic mass is 10.2. The number of benzene rings is 1. The molecule has 1 aromatic carbocycles. The van der Waals surface area contributed by atoms with Crippen LogP contribution in [0, 0.1) is 6.92 Å². The maximum absolute atomic E-state index is 5.40. The topological polar surface area (TPSA) is 21.3 Å². The van der Waals surface area contributed by atoms with E-state index in [1.807, 2.05) is 25.1 Å². The molecular formula is C8H10ClNO. The van der Waals surface area contributed by atoms with Gasteiger partial charge in [-0.05, 0) is 30.7 Å². The Morgan fingerprint density at radius 3 is 2.64 bits per heavy atom. The highest BCUT2D eigenvalue weighted by atomic mass is 35.5. The highest BCUT2D eigenvalue weighted by Gasteiger charge is 1.97. The zero-order valence-corrected chi connectivity index (χ0v) is 7.27. The second-order valence-corrected chi connectivity index (χ2v) is 2.47. The summed E-state index contributed by atoms with van der Waals surface area (Å²) in [6.07, 6.45) is 0. The molecule has 3 heteroatoms. The number of anilines is 1. The first-order chi connectivity index (χ1) is 5.27. The van der Waals surface area contributed by atoms with Gasteiger partial charge in [-0.1, -0.05) is 0 Å². The molecule has 0 saturated heterocycles. The quantitative estimate of drug-likeness (QED) is 0.691. The van der Waals surface area contributed by atoms with Crippen LogP contribution in [0.3, 0.4) is 0 Å². The van der Waals surface area contributed by atoms with Crippen LogP contribution >= 0.6 is 11.8 Å². The lowest BCUT2D eigenvalue weighted by Crippen LogP contribution is -1.88. The predicted molar refractivity (Wildman–Crippen MR) is 47.2 cm³/mol. The molecule has 0 bridgehead atoms. The van der Waals surface area contributed by atoms with E-state index >= 15 is 0 Å². The van der Waals surface area contributed by atoms with Crippen LogP contribution < -0.4 is 9.57 Å². The van der Waals surface area contributed by atoms with Crippen molar-refractivity contribution >= 4 is 17.5 Å². The van der Waals surface area contributed by atoms with Gasteiger partial charge < -0.3 is 4.74 Å². The molecule has 0 atom stereocenters. The standard InChI is InChI=1S/C8H10ClNO/c1-6-5-7(10-9)3-4-8(6)11-2/h3-5,10H,1-2H3. The number of aryl methyl sites for hydroxylation is 1. The van der Waals surface area contributed by atoms with Crippen molar-refractivity contribution < 1.29 is 4.74 Å². The highest BCUT2D eigenvalue weighted by Crippen LogP contribution is 2.21. The van der Waals surface area contributed by atoms with Gasteiger partial charge in [-0.25, -0.2) is 0 Å². The lowest BCUT2D eigenvalue weighted by Gasteiger charge is -2.05. The predicted octanol–water partition coefficient (Wildman–Crippen LogP) is 2.57. The third-order valence-corrected chi connectivity index (χ3v) is 1.72. The molecule has 0 unspecified atom stereocenters. The third kappa shape index (κ3) is 1.77. The minimum Gasteiger partial charge on any atom is -0.496 e. The number of hydrogen-bond acceptors (Lipinski definition) is 2. The first kappa shape index (κ1) is 8.21. The highest BCUT2D eigenvalue weighted by molar-refractivity contribution is 6.23. The molecule has 2 nitrogen and oxygen atoms in total. The Morgan fingerprint density at radius 1 is 1.45 bits per heavy atom. The van der Waals surface area contributed by atoms with E-state index in [4.69, 9.17) is 16.5 Å². The van der Waals surface area contributed by atoms with Crippen molar-refractivity contribution in [2.24, 2.45) is 0 Å². The van der Waals surface area contributed by atoms with Crippen molar-refractivity contribution in [3.8, 4) is 5.75 Å². The van der Waals surface area contributed by atoms with E-state index in [2.05, 4.69) is 4.84 Å². The number of halogens is 1. The van der Waals surface area contributed by atoms with E-state index in [-0.39, 0.29) is 0 Å². The van der Waals surface area contributed by atoms with Crippen LogP contribution in [-0.4, -0.2) is 7.11 Å². The van der Waals surface area contributed by atoms with Gasteiger partial charge in [-0.3, -0.25) is 4.84 Å². The van der Waals surface area contributed by atoms with Gasteiger partial charge in [-0.2, -0.15) is 0 Å². The zero-order chi connectivity index (χ0) is 8.27. The lowest BCUT2D eigenvalue weighted by molar-refractivity contribution is 0.412. The second kappa shape index (κ2) is 3.49. The van der Waals surface area contributed by atoms with E-state index in [9.17, 15) is 0 Å². The average Bonchev–Trinajstić information content (AvgIpc) is 2.04. The first-order valence-electron chi connectivity index (χ1n) is 3.29. The number of nitrogens with one attached hydrogen (secondary N) is 1. The number of ether oxygens (including phenoxy) is 1. The van der Waals surface area contributed by atoms with Gasteiger partial charge in [0.05, 0.1) is 7.11 Å². The Morgan fingerprint density at radius 2 is 2.18 bits per heavy atom. The second-order valence-electron chi connectivity index (χ2n) is 2.28. The molecule has 0 amide bonds. The number of rotatable bonds is 2. The molecule has 0 spiro atoms. The molecule has 0 aliphatic heterocycles. The SMILES string of the molecule is COc1ccc(NCl)cc1C. The van der Waals surface area contributed by atoms with Crippen LogP contribution in [0.15, 0.2) is 18.2 Å². The Kier molecular flexibility index (Phi) is 2.60. The van der Waals surface area contributed by atoms with Gasteiger partial charge in [0.1, 0.15) is 5.75 Å². The van der Waals surface area contributed by atoms with Crippen molar-refractivity contribution in [3.63, 3.8) is 0 Å². The summed E-state index contributed by atoms with van der Waals surface area (Å²) in [7, 11) is 1.65. The van der Waals surface area contributed by atoms with Crippen molar-refractivity contribution in [1.29, 1.82) is 0 Å². The minimum atomic E-state index is 0.876. The fourth-order valence-electron chi connectivity index (χ4n) is 0.937. The summed E-state index contributed by atoms with van der Waals surface area (Å²) in [6.45, 7) is 1.97. The van der Waals surface area contributed by atoms with E-state index in [0.29, 0.717) is 0 Å². The molecule has 0 fully saturated rings. The smallest absolute Gasteiger partial charge is 0.121 e. The van der Waals surface area contributed by atoms with Crippen LogP contribution in [0.25, 0.3) is 0 Å². The molecule has 11 heavy (non-hydrogen) atoms. The van der Waals surface area contributed by atoms with Crippen LogP contribution in [0.2, 0.25) is 0 Å². The molecule has 0 saturated carbocycles. The van der Waals surface area contributed by atoms with Crippen molar-refractivity contribution in [3.05, 3.63) is 23.8 Å². The Hall–Kier alpha value is -0.890. The molecule has 0 aliphatic carbocycles. The van der Waals surface area contributed by atoms with Crippen molar-refractivity contribution in [1.82, 2.24) is 0 Å². The fourth-order valence-corrected chi connectivity index (χ4v) is 1.05. The molecule has 0 radical (unpaired) electrons. The summed E-state index contributed by atoms with van der Waals surface area (Å²) in [5.74, 6) is 0.876. The molecule has 0 heterocycles. The molecule has 1 rings (SSSR count). The largest absolute Gasteiger partial charge is 0.496 e. The Labute approximate surface area is 71.2 Å². The molecule has 1 N–H and O–H groups in total. The van der Waals surface area contributed by atoms with Crippen molar-refractivity contribution in [2.45, 2.75) is 6.92 Å². The summed E-state index contributed by atoms with van der Waals surface area (Å²) in [4.78, 5) is 2.54. The molecule has 0 aromatic heterocycles. The van der Waals surface area contributed by atoms with Crippen LogP contribution in [0.4, 0.5) is 5.69 Å². The minimum absolute atomic E-state index is 0.876. The van der Waals surface area contributed by atoms with E-state index in [0.717, 1.165) is 17.0 Å². The zero-order valence-electron chi connectivity index (χ0n) is 6.52. The van der Waals surface area contributed by atoms with E-state index in [1.54, 1.807) is 7.11 Å². The van der Waals surface area contributed by atoms with Crippen LogP contribution in [0.1, 0.15) is 5.56 Å². The van der Waals surface area contributed by atoms with Gasteiger partial charge in [-0.15, -0.1) is 0 Å². The van der Waals surface area contributed by atoms with Gasteiger partial charge >= 0.3 is 0 Å². The summed E-state index contributed by atoms with van der Waals surface area (Å²) in [5.41, 5.74) is 1.95. The third-order valence-electron chi connectivity index (χ3n) is 1.50.